The van der Waals surface area contributed by atoms with Gasteiger partial charge >= 0.3 is 0 Å². The molecule has 0 amide bonds. The molecule has 0 aliphatic rings. The maximum absolute atomic E-state index is 5.93. The van der Waals surface area contributed by atoms with Crippen molar-refractivity contribution in [1.29, 1.82) is 0 Å². The van der Waals surface area contributed by atoms with E-state index < -0.39 is 0 Å². The SMILES string of the molecule is Cn1ccnc1SCc1c(N)cccc1Br. The molecule has 2 N–H and O–H groups in total. The Kier molecular flexibility index (Phi) is 3.56. The molecule has 5 heteroatoms. The van der Waals surface area contributed by atoms with Crippen LogP contribution in [-0.4, -0.2) is 9.55 Å². The molecule has 0 bridgehead atoms. The summed E-state index contributed by atoms with van der Waals surface area (Å²) in [5, 5.41) is 0.996. The van der Waals surface area contributed by atoms with Gasteiger partial charge in [-0.2, -0.15) is 0 Å². The van der Waals surface area contributed by atoms with Crippen molar-refractivity contribution < 1.29 is 0 Å². The summed E-state index contributed by atoms with van der Waals surface area (Å²) in [4.78, 5) is 4.26. The molecule has 0 unspecified atom stereocenters. The van der Waals surface area contributed by atoms with Gasteiger partial charge in [-0.1, -0.05) is 33.8 Å². The Morgan fingerprint density at radius 3 is 2.94 bits per heavy atom. The first-order chi connectivity index (χ1) is 7.68. The summed E-state index contributed by atoms with van der Waals surface area (Å²) in [6, 6.07) is 5.86. The van der Waals surface area contributed by atoms with E-state index in [9.17, 15) is 0 Å². The highest BCUT2D eigenvalue weighted by atomic mass is 79.9. The van der Waals surface area contributed by atoms with Crippen LogP contribution in [0, 0.1) is 0 Å². The predicted molar refractivity (Wildman–Crippen MR) is 71.3 cm³/mol. The number of anilines is 1. The van der Waals surface area contributed by atoms with Gasteiger partial charge in [0.1, 0.15) is 0 Å². The Bertz CT molecular complexity index is 475. The van der Waals surface area contributed by atoms with Crippen LogP contribution in [0.2, 0.25) is 0 Å². The summed E-state index contributed by atoms with van der Waals surface area (Å²) >= 11 is 5.19. The van der Waals surface area contributed by atoms with Gasteiger partial charge in [0.2, 0.25) is 0 Å². The largest absolute Gasteiger partial charge is 0.398 e. The van der Waals surface area contributed by atoms with Crippen molar-refractivity contribution in [1.82, 2.24) is 9.55 Å². The van der Waals surface area contributed by atoms with Crippen molar-refractivity contribution >= 4 is 33.4 Å². The van der Waals surface area contributed by atoms with E-state index in [4.69, 9.17) is 5.73 Å². The van der Waals surface area contributed by atoms with Gasteiger partial charge in [0, 0.05) is 35.4 Å². The molecule has 2 aromatic rings. The first-order valence-corrected chi connectivity index (χ1v) is 6.59. The molecule has 16 heavy (non-hydrogen) atoms. The highest BCUT2D eigenvalue weighted by Crippen LogP contribution is 2.29. The summed E-state index contributed by atoms with van der Waals surface area (Å²) in [6.45, 7) is 0. The van der Waals surface area contributed by atoms with Crippen LogP contribution in [-0.2, 0) is 12.8 Å². The molecule has 0 atom stereocenters. The Morgan fingerprint density at radius 2 is 2.31 bits per heavy atom. The Hall–Kier alpha value is -0.940. The molecule has 3 nitrogen and oxygen atoms in total. The minimum absolute atomic E-state index is 0.816. The number of hydrogen-bond acceptors (Lipinski definition) is 3. The Morgan fingerprint density at radius 1 is 1.50 bits per heavy atom. The van der Waals surface area contributed by atoms with Gasteiger partial charge in [0.05, 0.1) is 0 Å². The van der Waals surface area contributed by atoms with Crippen LogP contribution in [0.25, 0.3) is 0 Å². The van der Waals surface area contributed by atoms with Gasteiger partial charge in [0.25, 0.3) is 0 Å². The lowest BCUT2D eigenvalue weighted by Crippen LogP contribution is -1.95. The molecule has 1 aromatic heterocycles. The molecule has 0 aliphatic carbocycles. The fraction of sp³-hybridized carbons (Fsp3) is 0.182. The summed E-state index contributed by atoms with van der Waals surface area (Å²) < 4.78 is 3.05. The lowest BCUT2D eigenvalue weighted by molar-refractivity contribution is 0.790. The number of aryl methyl sites for hydroxylation is 1. The van der Waals surface area contributed by atoms with E-state index in [0.29, 0.717) is 0 Å². The fourth-order valence-electron chi connectivity index (χ4n) is 1.36. The standard InChI is InChI=1S/C11H12BrN3S/c1-15-6-5-14-11(15)16-7-8-9(12)3-2-4-10(8)13/h2-6H,7,13H2,1H3. The molecule has 0 radical (unpaired) electrons. The van der Waals surface area contributed by atoms with E-state index in [-0.39, 0.29) is 0 Å². The van der Waals surface area contributed by atoms with Gasteiger partial charge in [-0.25, -0.2) is 4.98 Å². The summed E-state index contributed by atoms with van der Waals surface area (Å²) in [5.41, 5.74) is 7.87. The average Bonchev–Trinajstić information content (AvgIpc) is 2.64. The number of benzene rings is 1. The van der Waals surface area contributed by atoms with Crippen LogP contribution in [0.4, 0.5) is 5.69 Å². The van der Waals surface area contributed by atoms with Crippen LogP contribution in [0.1, 0.15) is 5.56 Å². The zero-order valence-corrected chi connectivity index (χ0v) is 11.3. The fourth-order valence-corrected chi connectivity index (χ4v) is 3.06. The zero-order chi connectivity index (χ0) is 11.5. The number of nitrogens with zero attached hydrogens (tertiary/aromatic N) is 2. The van der Waals surface area contributed by atoms with E-state index in [1.165, 1.54) is 0 Å². The number of imidazole rings is 1. The zero-order valence-electron chi connectivity index (χ0n) is 8.85. The van der Waals surface area contributed by atoms with E-state index in [0.717, 1.165) is 26.6 Å². The smallest absolute Gasteiger partial charge is 0.167 e. The highest BCUT2D eigenvalue weighted by Gasteiger charge is 2.06. The number of thioether (sulfide) groups is 1. The van der Waals surface area contributed by atoms with Gasteiger partial charge in [-0.05, 0) is 17.7 Å². The van der Waals surface area contributed by atoms with Gasteiger partial charge in [-0.3, -0.25) is 0 Å². The molecule has 0 spiro atoms. The molecule has 2 rings (SSSR count). The molecule has 1 aromatic carbocycles. The maximum Gasteiger partial charge on any atom is 0.167 e. The van der Waals surface area contributed by atoms with Crippen molar-refractivity contribution in [3.8, 4) is 0 Å². The first-order valence-electron chi connectivity index (χ1n) is 4.81. The van der Waals surface area contributed by atoms with Crippen molar-refractivity contribution in [3.63, 3.8) is 0 Å². The highest BCUT2D eigenvalue weighted by molar-refractivity contribution is 9.10. The van der Waals surface area contributed by atoms with Gasteiger partial charge in [0.15, 0.2) is 5.16 Å². The summed E-state index contributed by atoms with van der Waals surface area (Å²) in [5.74, 6) is 0.818. The molecule has 1 heterocycles. The summed E-state index contributed by atoms with van der Waals surface area (Å²) in [6.07, 6.45) is 3.73. The van der Waals surface area contributed by atoms with Crippen LogP contribution in [0.15, 0.2) is 40.2 Å². The topological polar surface area (TPSA) is 43.8 Å². The maximum atomic E-state index is 5.93. The minimum Gasteiger partial charge on any atom is -0.398 e. The second-order valence-corrected chi connectivity index (χ2v) is 5.21. The quantitative estimate of drug-likeness (QED) is 0.699. The molecular weight excluding hydrogens is 286 g/mol. The van der Waals surface area contributed by atoms with E-state index >= 15 is 0 Å². The molecule has 0 saturated carbocycles. The minimum atomic E-state index is 0.816. The van der Waals surface area contributed by atoms with Crippen LogP contribution in [0.5, 0.6) is 0 Å². The van der Waals surface area contributed by atoms with Crippen LogP contribution in [0.3, 0.4) is 0 Å². The van der Waals surface area contributed by atoms with Crippen molar-refractivity contribution in [2.75, 3.05) is 5.73 Å². The second kappa shape index (κ2) is 4.93. The number of nitrogens with two attached hydrogens (primary N) is 1. The van der Waals surface area contributed by atoms with Crippen LogP contribution < -0.4 is 5.73 Å². The third-order valence-corrected chi connectivity index (χ3v) is 4.11. The van der Waals surface area contributed by atoms with E-state index in [1.807, 2.05) is 36.0 Å². The average molecular weight is 298 g/mol. The van der Waals surface area contributed by atoms with Crippen molar-refractivity contribution in [3.05, 3.63) is 40.6 Å². The number of nitrogen functional groups attached to an aromatic ring is 1. The molecule has 0 fully saturated rings. The number of halogens is 1. The number of aromatic nitrogens is 2. The lowest BCUT2D eigenvalue weighted by atomic mass is 10.2. The second-order valence-electron chi connectivity index (χ2n) is 3.42. The first kappa shape index (κ1) is 11.5. The Balaban J connectivity index is 2.14. The third-order valence-electron chi connectivity index (χ3n) is 2.28. The lowest BCUT2D eigenvalue weighted by Gasteiger charge is -2.07. The summed E-state index contributed by atoms with van der Waals surface area (Å²) in [7, 11) is 1.98. The van der Waals surface area contributed by atoms with E-state index in [1.54, 1.807) is 18.0 Å². The normalized spacial score (nSPS) is 10.6. The molecule has 0 saturated heterocycles. The van der Waals surface area contributed by atoms with Crippen LogP contribution >= 0.6 is 27.7 Å². The Labute approximate surface area is 107 Å². The van der Waals surface area contributed by atoms with E-state index in [2.05, 4.69) is 20.9 Å². The van der Waals surface area contributed by atoms with Gasteiger partial charge < -0.3 is 10.3 Å². The molecule has 84 valence electrons. The monoisotopic (exact) mass is 297 g/mol. The predicted octanol–water partition coefficient (Wildman–Crippen LogP) is 3.06. The third kappa shape index (κ3) is 2.41. The molecule has 0 aliphatic heterocycles. The van der Waals surface area contributed by atoms with Crippen molar-refractivity contribution in [2.45, 2.75) is 10.9 Å². The molecular formula is C11H12BrN3S. The van der Waals surface area contributed by atoms with Gasteiger partial charge in [-0.15, -0.1) is 0 Å². The van der Waals surface area contributed by atoms with Crippen molar-refractivity contribution in [2.24, 2.45) is 7.05 Å². The number of rotatable bonds is 3. The number of hydrogen-bond donors (Lipinski definition) is 1.